The number of rotatable bonds is 4. The first kappa shape index (κ1) is 18.7. The van der Waals surface area contributed by atoms with Gasteiger partial charge in [0.1, 0.15) is 0 Å². The molecule has 1 amide bonds. The molecule has 0 spiro atoms. The van der Waals surface area contributed by atoms with Crippen molar-refractivity contribution in [2.75, 3.05) is 31.6 Å². The predicted octanol–water partition coefficient (Wildman–Crippen LogP) is 3.90. The standard InChI is InChI=1S/C21H22F2N2O3/c22-16-6-5-15(12-17(16)23)24-21(26)13-25-8-1-3-18(25)14-4-7-19-20(11-14)28-10-2-9-27-19/h4-7,11-12,18H,1-3,8-10,13H2,(H,24,26)/t18-/m1/s1. The van der Waals surface area contributed by atoms with Gasteiger partial charge in [0.25, 0.3) is 0 Å². The van der Waals surface area contributed by atoms with E-state index in [-0.39, 0.29) is 24.2 Å². The number of anilines is 1. The van der Waals surface area contributed by atoms with Gasteiger partial charge in [-0.15, -0.1) is 0 Å². The van der Waals surface area contributed by atoms with Crippen LogP contribution < -0.4 is 14.8 Å². The van der Waals surface area contributed by atoms with Crippen molar-refractivity contribution in [2.24, 2.45) is 0 Å². The van der Waals surface area contributed by atoms with Crippen LogP contribution in [0.4, 0.5) is 14.5 Å². The number of nitrogens with one attached hydrogen (secondary N) is 1. The number of hydrogen-bond donors (Lipinski definition) is 1. The maximum atomic E-state index is 13.3. The molecule has 0 saturated carbocycles. The van der Waals surface area contributed by atoms with E-state index in [0.717, 1.165) is 55.0 Å². The smallest absolute Gasteiger partial charge is 0.238 e. The van der Waals surface area contributed by atoms with Gasteiger partial charge < -0.3 is 14.8 Å². The predicted molar refractivity (Wildman–Crippen MR) is 101 cm³/mol. The highest BCUT2D eigenvalue weighted by Crippen LogP contribution is 2.37. The van der Waals surface area contributed by atoms with Crippen LogP contribution in [0.25, 0.3) is 0 Å². The van der Waals surface area contributed by atoms with Crippen LogP contribution in [0.15, 0.2) is 36.4 Å². The maximum Gasteiger partial charge on any atom is 0.238 e. The van der Waals surface area contributed by atoms with E-state index in [0.29, 0.717) is 13.2 Å². The van der Waals surface area contributed by atoms with Crippen molar-refractivity contribution < 1.29 is 23.0 Å². The van der Waals surface area contributed by atoms with E-state index in [2.05, 4.69) is 10.2 Å². The van der Waals surface area contributed by atoms with Crippen molar-refractivity contribution in [3.05, 3.63) is 53.6 Å². The summed E-state index contributed by atoms with van der Waals surface area (Å²) in [5.41, 5.74) is 1.33. The van der Waals surface area contributed by atoms with Gasteiger partial charge in [-0.25, -0.2) is 8.78 Å². The van der Waals surface area contributed by atoms with E-state index in [9.17, 15) is 13.6 Å². The van der Waals surface area contributed by atoms with Gasteiger partial charge in [-0.2, -0.15) is 0 Å². The summed E-state index contributed by atoms with van der Waals surface area (Å²) >= 11 is 0. The SMILES string of the molecule is O=C(CN1CCC[C@@H]1c1ccc2c(c1)OCCCO2)Nc1ccc(F)c(F)c1. The highest BCUT2D eigenvalue weighted by atomic mass is 19.2. The quantitative estimate of drug-likeness (QED) is 0.863. The van der Waals surface area contributed by atoms with Gasteiger partial charge in [0, 0.05) is 24.2 Å². The topological polar surface area (TPSA) is 50.8 Å². The van der Waals surface area contributed by atoms with Crippen LogP contribution >= 0.6 is 0 Å². The molecule has 148 valence electrons. The van der Waals surface area contributed by atoms with E-state index in [1.807, 2.05) is 18.2 Å². The first-order valence-corrected chi connectivity index (χ1v) is 9.48. The second-order valence-corrected chi connectivity index (χ2v) is 7.06. The van der Waals surface area contributed by atoms with Crippen LogP contribution in [-0.2, 0) is 4.79 Å². The first-order valence-electron chi connectivity index (χ1n) is 9.48. The number of carbonyl (C=O) groups is 1. The molecule has 7 heteroatoms. The highest BCUT2D eigenvalue weighted by Gasteiger charge is 2.28. The summed E-state index contributed by atoms with van der Waals surface area (Å²) in [5, 5.41) is 2.64. The van der Waals surface area contributed by atoms with Gasteiger partial charge >= 0.3 is 0 Å². The number of likely N-dealkylation sites (tertiary alicyclic amines) is 1. The Morgan fingerprint density at radius 1 is 1.04 bits per heavy atom. The third kappa shape index (κ3) is 4.09. The minimum absolute atomic E-state index is 0.104. The molecule has 1 atom stereocenters. The largest absolute Gasteiger partial charge is 0.490 e. The molecule has 0 aliphatic carbocycles. The second-order valence-electron chi connectivity index (χ2n) is 7.06. The minimum Gasteiger partial charge on any atom is -0.490 e. The van der Waals surface area contributed by atoms with Gasteiger partial charge in [0.2, 0.25) is 5.91 Å². The van der Waals surface area contributed by atoms with Crippen molar-refractivity contribution in [3.8, 4) is 11.5 Å². The summed E-state index contributed by atoms with van der Waals surface area (Å²) in [6.07, 6.45) is 2.78. The van der Waals surface area contributed by atoms with E-state index in [1.165, 1.54) is 6.07 Å². The molecule has 2 heterocycles. The summed E-state index contributed by atoms with van der Waals surface area (Å²) in [6, 6.07) is 9.38. The molecule has 0 unspecified atom stereocenters. The van der Waals surface area contributed by atoms with Crippen LogP contribution in [0.5, 0.6) is 11.5 Å². The molecule has 2 aromatic rings. The van der Waals surface area contributed by atoms with Crippen LogP contribution in [0.1, 0.15) is 30.9 Å². The van der Waals surface area contributed by atoms with Gasteiger partial charge in [-0.1, -0.05) is 6.07 Å². The lowest BCUT2D eigenvalue weighted by Gasteiger charge is -2.25. The molecular formula is C21H22F2N2O3. The lowest BCUT2D eigenvalue weighted by Crippen LogP contribution is -2.33. The number of ether oxygens (including phenoxy) is 2. The Morgan fingerprint density at radius 3 is 2.68 bits per heavy atom. The molecule has 1 fully saturated rings. The average molecular weight is 388 g/mol. The Labute approximate surface area is 162 Å². The third-order valence-electron chi connectivity index (χ3n) is 5.07. The minimum atomic E-state index is -0.982. The Morgan fingerprint density at radius 2 is 1.86 bits per heavy atom. The second kappa shape index (κ2) is 8.14. The summed E-state index contributed by atoms with van der Waals surface area (Å²) < 4.78 is 37.8. The lowest BCUT2D eigenvalue weighted by molar-refractivity contribution is -0.117. The first-order chi connectivity index (χ1) is 13.6. The molecule has 0 radical (unpaired) electrons. The highest BCUT2D eigenvalue weighted by molar-refractivity contribution is 5.92. The zero-order chi connectivity index (χ0) is 19.5. The zero-order valence-electron chi connectivity index (χ0n) is 15.4. The van der Waals surface area contributed by atoms with Crippen LogP contribution in [-0.4, -0.2) is 37.1 Å². The van der Waals surface area contributed by atoms with Crippen molar-refractivity contribution >= 4 is 11.6 Å². The van der Waals surface area contributed by atoms with E-state index in [4.69, 9.17) is 9.47 Å². The number of hydrogen-bond acceptors (Lipinski definition) is 4. The fraction of sp³-hybridized carbons (Fsp3) is 0.381. The molecule has 2 aliphatic heterocycles. The molecule has 5 nitrogen and oxygen atoms in total. The zero-order valence-corrected chi connectivity index (χ0v) is 15.4. The Bertz CT molecular complexity index is 875. The number of benzene rings is 2. The number of nitrogens with zero attached hydrogens (tertiary/aromatic N) is 1. The maximum absolute atomic E-state index is 13.3. The van der Waals surface area contributed by atoms with Gasteiger partial charge in [0.05, 0.1) is 19.8 Å². The van der Waals surface area contributed by atoms with Crippen molar-refractivity contribution in [1.29, 1.82) is 0 Å². The Hall–Kier alpha value is -2.67. The van der Waals surface area contributed by atoms with E-state index >= 15 is 0 Å². The average Bonchev–Trinajstić information content (AvgIpc) is 3.00. The lowest BCUT2D eigenvalue weighted by atomic mass is 10.0. The van der Waals surface area contributed by atoms with Crippen LogP contribution in [0, 0.1) is 11.6 Å². The summed E-state index contributed by atoms with van der Waals surface area (Å²) in [6.45, 7) is 2.25. The molecule has 0 aromatic heterocycles. The molecule has 2 aromatic carbocycles. The summed E-state index contributed by atoms with van der Waals surface area (Å²) in [4.78, 5) is 14.5. The monoisotopic (exact) mass is 388 g/mol. The van der Waals surface area contributed by atoms with Gasteiger partial charge in [0.15, 0.2) is 23.1 Å². The van der Waals surface area contributed by atoms with E-state index in [1.54, 1.807) is 0 Å². The molecule has 1 N–H and O–H groups in total. The number of amides is 1. The Kier molecular flexibility index (Phi) is 5.43. The number of carbonyl (C=O) groups excluding carboxylic acids is 1. The molecular weight excluding hydrogens is 366 g/mol. The fourth-order valence-electron chi connectivity index (χ4n) is 3.74. The van der Waals surface area contributed by atoms with Crippen LogP contribution in [0.2, 0.25) is 0 Å². The molecule has 28 heavy (non-hydrogen) atoms. The normalized spacial score (nSPS) is 19.3. The van der Waals surface area contributed by atoms with Gasteiger partial charge in [-0.05, 0) is 49.2 Å². The molecule has 0 bridgehead atoms. The summed E-state index contributed by atoms with van der Waals surface area (Å²) in [7, 11) is 0. The number of halogens is 2. The van der Waals surface area contributed by atoms with E-state index < -0.39 is 11.6 Å². The Balaban J connectivity index is 1.44. The van der Waals surface area contributed by atoms with Crippen molar-refractivity contribution in [3.63, 3.8) is 0 Å². The summed E-state index contributed by atoms with van der Waals surface area (Å²) in [5.74, 6) is -0.682. The van der Waals surface area contributed by atoms with Crippen molar-refractivity contribution in [2.45, 2.75) is 25.3 Å². The fourth-order valence-corrected chi connectivity index (χ4v) is 3.74. The molecule has 1 saturated heterocycles. The van der Waals surface area contributed by atoms with Gasteiger partial charge in [-0.3, -0.25) is 9.69 Å². The number of fused-ring (bicyclic) bond motifs is 1. The van der Waals surface area contributed by atoms with Crippen molar-refractivity contribution in [1.82, 2.24) is 4.90 Å². The third-order valence-corrected chi connectivity index (χ3v) is 5.07. The van der Waals surface area contributed by atoms with Crippen LogP contribution in [0.3, 0.4) is 0 Å². The molecule has 4 rings (SSSR count). The molecule has 2 aliphatic rings.